The van der Waals surface area contributed by atoms with Crippen LogP contribution in [0.15, 0.2) is 30.3 Å². The molecular weight excluding hydrogens is 306 g/mol. The zero-order chi connectivity index (χ0) is 16.0. The number of benzene rings is 1. The molecule has 0 spiro atoms. The molecule has 3 rings (SSSR count). The first-order chi connectivity index (χ1) is 10.5. The van der Waals surface area contributed by atoms with Gasteiger partial charge in [0.2, 0.25) is 0 Å². The van der Waals surface area contributed by atoms with Gasteiger partial charge in [0.1, 0.15) is 12.3 Å². The quantitative estimate of drug-likeness (QED) is 0.862. The highest BCUT2D eigenvalue weighted by atomic mass is 35.5. The molecule has 1 heterocycles. The van der Waals surface area contributed by atoms with Gasteiger partial charge in [-0.15, -0.1) is 0 Å². The molecule has 6 heteroatoms. The van der Waals surface area contributed by atoms with Crippen LogP contribution in [0.1, 0.15) is 24.8 Å². The number of rotatable bonds is 4. The molecule has 0 radical (unpaired) electrons. The minimum absolute atomic E-state index is 0.239. The number of hydrogen-bond donors (Lipinski definition) is 1. The van der Waals surface area contributed by atoms with Gasteiger partial charge < -0.3 is 14.6 Å². The second-order valence-corrected chi connectivity index (χ2v) is 5.90. The summed E-state index contributed by atoms with van der Waals surface area (Å²) >= 11 is 4.97. The third-order valence-electron chi connectivity index (χ3n) is 3.96. The van der Waals surface area contributed by atoms with Gasteiger partial charge >= 0.3 is 5.43 Å². The average molecular weight is 328 g/mol. The number of halogens is 1. The molecule has 2 aliphatic rings. The molecule has 1 saturated heterocycles. The van der Waals surface area contributed by atoms with Crippen molar-refractivity contribution in [3.63, 3.8) is 0 Å². The van der Waals surface area contributed by atoms with Gasteiger partial charge in [0.15, 0.2) is 0 Å². The van der Waals surface area contributed by atoms with Crippen LogP contribution in [0.2, 0.25) is 0 Å². The highest BCUT2D eigenvalue weighted by Gasteiger charge is 2.48. The van der Waals surface area contributed by atoms with Crippen molar-refractivity contribution in [2.24, 2.45) is 0 Å². The Balaban J connectivity index is 0.000000160. The molecule has 1 aromatic carbocycles. The van der Waals surface area contributed by atoms with Crippen LogP contribution in [0.25, 0.3) is 0 Å². The summed E-state index contributed by atoms with van der Waals surface area (Å²) < 4.78 is 9.77. The molecule has 1 aromatic rings. The molecule has 1 aliphatic carbocycles. The van der Waals surface area contributed by atoms with E-state index in [4.69, 9.17) is 16.3 Å². The number of aliphatic hydroxyl groups is 1. The Kier molecular flexibility index (Phi) is 6.20. The van der Waals surface area contributed by atoms with Crippen LogP contribution in [0.4, 0.5) is 4.79 Å². The van der Waals surface area contributed by atoms with Crippen LogP contribution in [0.3, 0.4) is 0 Å². The Morgan fingerprint density at radius 2 is 2.09 bits per heavy atom. The molecule has 1 atom stereocenters. The van der Waals surface area contributed by atoms with Gasteiger partial charge in [-0.3, -0.25) is 4.90 Å². The normalized spacial score (nSPS) is 22.6. The van der Waals surface area contributed by atoms with Gasteiger partial charge in [0.05, 0.1) is 6.10 Å². The SMILES string of the molecule is COC1CCN(C2(O)CC2)C1.O=C(Cl)OCc1ccccc1. The van der Waals surface area contributed by atoms with Crippen molar-refractivity contribution < 1.29 is 19.4 Å². The number of likely N-dealkylation sites (tertiary alicyclic amines) is 1. The molecule has 0 aromatic heterocycles. The van der Waals surface area contributed by atoms with Crippen LogP contribution >= 0.6 is 11.6 Å². The Bertz CT molecular complexity index is 478. The number of hydrogen-bond acceptors (Lipinski definition) is 5. The van der Waals surface area contributed by atoms with E-state index in [1.54, 1.807) is 7.11 Å². The predicted molar refractivity (Wildman–Crippen MR) is 83.7 cm³/mol. The van der Waals surface area contributed by atoms with E-state index in [9.17, 15) is 9.90 Å². The summed E-state index contributed by atoms with van der Waals surface area (Å²) in [5.74, 6) is 0. The van der Waals surface area contributed by atoms with Gasteiger partial charge in [-0.25, -0.2) is 4.79 Å². The first kappa shape index (κ1) is 17.2. The van der Waals surface area contributed by atoms with E-state index in [1.165, 1.54) is 0 Å². The molecule has 0 amide bonds. The lowest BCUT2D eigenvalue weighted by Crippen LogP contribution is -2.35. The minimum atomic E-state index is -0.770. The first-order valence-electron chi connectivity index (χ1n) is 7.40. The van der Waals surface area contributed by atoms with Crippen molar-refractivity contribution in [1.82, 2.24) is 4.90 Å². The number of methoxy groups -OCH3 is 1. The molecule has 1 unspecified atom stereocenters. The average Bonchev–Trinajstić information content (AvgIpc) is 3.09. The third-order valence-corrected chi connectivity index (χ3v) is 4.07. The summed E-state index contributed by atoms with van der Waals surface area (Å²) in [4.78, 5) is 12.3. The van der Waals surface area contributed by atoms with Gasteiger partial charge in [0, 0.05) is 31.8 Å². The molecular formula is C16H22ClNO4. The summed E-state index contributed by atoms with van der Waals surface area (Å²) in [5, 5.41) is 9.71. The van der Waals surface area contributed by atoms with E-state index in [1.807, 2.05) is 30.3 Å². The summed E-state index contributed by atoms with van der Waals surface area (Å²) in [6.45, 7) is 2.14. The van der Waals surface area contributed by atoms with Crippen LogP contribution in [0.5, 0.6) is 0 Å². The predicted octanol–water partition coefficient (Wildman–Crippen LogP) is 2.75. The van der Waals surface area contributed by atoms with E-state index in [2.05, 4.69) is 9.64 Å². The highest BCUT2D eigenvalue weighted by molar-refractivity contribution is 6.61. The molecule has 22 heavy (non-hydrogen) atoms. The minimum Gasteiger partial charge on any atom is -0.449 e. The third kappa shape index (κ3) is 5.25. The van der Waals surface area contributed by atoms with Crippen LogP contribution in [0, 0.1) is 0 Å². The molecule has 2 fully saturated rings. The lowest BCUT2D eigenvalue weighted by Gasteiger charge is -2.21. The summed E-state index contributed by atoms with van der Waals surface area (Å²) in [7, 11) is 1.74. The monoisotopic (exact) mass is 327 g/mol. The number of nitrogens with zero attached hydrogens (tertiary/aromatic N) is 1. The van der Waals surface area contributed by atoms with Gasteiger partial charge in [-0.2, -0.15) is 0 Å². The molecule has 122 valence electrons. The molecule has 5 nitrogen and oxygen atoms in total. The maximum absolute atomic E-state index is 10.2. The maximum atomic E-state index is 10.2. The summed E-state index contributed by atoms with van der Waals surface area (Å²) in [6, 6.07) is 9.36. The lowest BCUT2D eigenvalue weighted by atomic mass is 10.2. The number of carbonyl (C=O) groups excluding carboxylic acids is 1. The van der Waals surface area contributed by atoms with E-state index < -0.39 is 11.2 Å². The fourth-order valence-electron chi connectivity index (χ4n) is 2.44. The number of ether oxygens (including phenoxy) is 2. The van der Waals surface area contributed by atoms with Gasteiger partial charge in [-0.05, 0) is 24.8 Å². The Labute approximate surface area is 135 Å². The Morgan fingerprint density at radius 3 is 2.59 bits per heavy atom. The molecule has 1 saturated carbocycles. The fraction of sp³-hybridized carbons (Fsp3) is 0.562. The second kappa shape index (κ2) is 7.92. The second-order valence-electron chi connectivity index (χ2n) is 5.59. The van der Waals surface area contributed by atoms with Crippen LogP contribution in [-0.4, -0.2) is 47.5 Å². The van der Waals surface area contributed by atoms with Crippen molar-refractivity contribution >= 4 is 17.0 Å². The van der Waals surface area contributed by atoms with Crippen LogP contribution < -0.4 is 0 Å². The van der Waals surface area contributed by atoms with Gasteiger partial charge in [0.25, 0.3) is 0 Å². The lowest BCUT2D eigenvalue weighted by molar-refractivity contribution is -0.0163. The molecule has 0 bridgehead atoms. The maximum Gasteiger partial charge on any atom is 0.404 e. The van der Waals surface area contributed by atoms with E-state index in [0.717, 1.165) is 37.9 Å². The topological polar surface area (TPSA) is 59.0 Å². The largest absolute Gasteiger partial charge is 0.449 e. The summed E-state index contributed by atoms with van der Waals surface area (Å²) in [6.07, 6.45) is 3.31. The zero-order valence-corrected chi connectivity index (χ0v) is 13.5. The van der Waals surface area contributed by atoms with Gasteiger partial charge in [-0.1, -0.05) is 30.3 Å². The van der Waals surface area contributed by atoms with E-state index in [0.29, 0.717) is 6.10 Å². The van der Waals surface area contributed by atoms with Crippen LogP contribution in [-0.2, 0) is 16.1 Å². The fourth-order valence-corrected chi connectivity index (χ4v) is 2.50. The Morgan fingerprint density at radius 1 is 1.41 bits per heavy atom. The Hall–Kier alpha value is -1.14. The van der Waals surface area contributed by atoms with Crippen molar-refractivity contribution in [3.05, 3.63) is 35.9 Å². The van der Waals surface area contributed by atoms with Crippen molar-refractivity contribution in [2.75, 3.05) is 20.2 Å². The molecule has 1 N–H and O–H groups in total. The van der Waals surface area contributed by atoms with Crippen molar-refractivity contribution in [3.8, 4) is 0 Å². The first-order valence-corrected chi connectivity index (χ1v) is 7.78. The van der Waals surface area contributed by atoms with E-state index in [-0.39, 0.29) is 6.61 Å². The molecule has 1 aliphatic heterocycles. The van der Waals surface area contributed by atoms with Crippen molar-refractivity contribution in [2.45, 2.75) is 37.7 Å². The smallest absolute Gasteiger partial charge is 0.404 e. The number of carbonyl (C=O) groups is 1. The van der Waals surface area contributed by atoms with Crippen molar-refractivity contribution in [1.29, 1.82) is 0 Å². The summed E-state index contributed by atoms with van der Waals surface area (Å²) in [5.41, 5.74) is -0.275. The standard InChI is InChI=1S/C8H7ClO2.C8H15NO2/c9-8(10)11-6-7-4-2-1-3-5-7;1-11-7-2-5-9(6-7)8(10)3-4-8/h1-5H,6H2;7,10H,2-6H2,1H3. The van der Waals surface area contributed by atoms with E-state index >= 15 is 0 Å². The highest BCUT2D eigenvalue weighted by Crippen LogP contribution is 2.40. The zero-order valence-electron chi connectivity index (χ0n) is 12.7.